The maximum Gasteiger partial charge on any atom is 0.224 e. The molecule has 1 aliphatic heterocycles. The number of carbonyl (C=O) groups is 1. The molecule has 0 spiro atoms. The van der Waals surface area contributed by atoms with Gasteiger partial charge in [0.15, 0.2) is 0 Å². The number of amides is 1. The van der Waals surface area contributed by atoms with Gasteiger partial charge in [-0.3, -0.25) is 4.79 Å². The minimum Gasteiger partial charge on any atom is -0.350 e. The lowest BCUT2D eigenvalue weighted by molar-refractivity contribution is -0.125. The first-order valence-electron chi connectivity index (χ1n) is 6.28. The van der Waals surface area contributed by atoms with Crippen LogP contribution in [0.1, 0.15) is 24.2 Å². The Labute approximate surface area is 102 Å². The molecule has 1 aromatic heterocycles. The molecular weight excluding hydrogens is 214 g/mol. The molecule has 0 unspecified atom stereocenters. The molecule has 2 heterocycles. The SMILES string of the molecule is Cc1ccc(CNC(=O)[C@@H]2CCCNC2)n1C. The highest BCUT2D eigenvalue weighted by Crippen LogP contribution is 2.10. The predicted molar refractivity (Wildman–Crippen MR) is 67.6 cm³/mol. The van der Waals surface area contributed by atoms with E-state index >= 15 is 0 Å². The van der Waals surface area contributed by atoms with E-state index in [1.807, 2.05) is 7.05 Å². The van der Waals surface area contributed by atoms with Crippen molar-refractivity contribution in [2.24, 2.45) is 13.0 Å². The number of hydrogen-bond acceptors (Lipinski definition) is 2. The predicted octanol–water partition coefficient (Wildman–Crippen LogP) is 0.949. The van der Waals surface area contributed by atoms with Gasteiger partial charge in [-0.15, -0.1) is 0 Å². The standard InChI is InChI=1S/C13H21N3O/c1-10-5-6-12(16(10)2)9-15-13(17)11-4-3-7-14-8-11/h5-6,11,14H,3-4,7-9H2,1-2H3,(H,15,17)/t11-/m1/s1. The van der Waals surface area contributed by atoms with Crippen LogP contribution in [-0.4, -0.2) is 23.6 Å². The minimum absolute atomic E-state index is 0.144. The van der Waals surface area contributed by atoms with E-state index in [0.29, 0.717) is 6.54 Å². The number of hydrogen-bond donors (Lipinski definition) is 2. The fourth-order valence-corrected chi connectivity index (χ4v) is 2.24. The lowest BCUT2D eigenvalue weighted by Gasteiger charge is -2.21. The molecular formula is C13H21N3O. The second-order valence-electron chi connectivity index (χ2n) is 4.79. The van der Waals surface area contributed by atoms with Crippen LogP contribution >= 0.6 is 0 Å². The van der Waals surface area contributed by atoms with Crippen LogP contribution in [0.2, 0.25) is 0 Å². The first-order chi connectivity index (χ1) is 8.18. The van der Waals surface area contributed by atoms with E-state index in [9.17, 15) is 4.79 Å². The Morgan fingerprint density at radius 3 is 3.00 bits per heavy atom. The summed E-state index contributed by atoms with van der Waals surface area (Å²) in [6, 6.07) is 4.14. The van der Waals surface area contributed by atoms with Gasteiger partial charge in [-0.05, 0) is 38.4 Å². The van der Waals surface area contributed by atoms with Crippen molar-refractivity contribution in [3.63, 3.8) is 0 Å². The smallest absolute Gasteiger partial charge is 0.224 e. The summed E-state index contributed by atoms with van der Waals surface area (Å²) >= 11 is 0. The van der Waals surface area contributed by atoms with Gasteiger partial charge >= 0.3 is 0 Å². The molecule has 1 saturated heterocycles. The molecule has 2 N–H and O–H groups in total. The molecule has 1 aromatic rings. The molecule has 4 nitrogen and oxygen atoms in total. The number of aromatic nitrogens is 1. The molecule has 0 saturated carbocycles. The zero-order chi connectivity index (χ0) is 12.3. The van der Waals surface area contributed by atoms with Gasteiger partial charge in [0.1, 0.15) is 0 Å². The molecule has 0 bridgehead atoms. The Morgan fingerprint density at radius 2 is 2.41 bits per heavy atom. The molecule has 1 fully saturated rings. The molecule has 0 aliphatic carbocycles. The van der Waals surface area contributed by atoms with E-state index in [2.05, 4.69) is 34.3 Å². The van der Waals surface area contributed by atoms with Crippen LogP contribution in [0.3, 0.4) is 0 Å². The number of carbonyl (C=O) groups excluding carboxylic acids is 1. The van der Waals surface area contributed by atoms with Crippen molar-refractivity contribution < 1.29 is 4.79 Å². The highest BCUT2D eigenvalue weighted by molar-refractivity contribution is 5.78. The van der Waals surface area contributed by atoms with Gasteiger partial charge in [-0.25, -0.2) is 0 Å². The fraction of sp³-hybridized carbons (Fsp3) is 0.615. The van der Waals surface area contributed by atoms with Crippen LogP contribution in [-0.2, 0) is 18.4 Å². The van der Waals surface area contributed by atoms with Gasteiger partial charge in [0.25, 0.3) is 0 Å². The molecule has 1 aliphatic rings. The number of rotatable bonds is 3. The lowest BCUT2D eigenvalue weighted by Crippen LogP contribution is -2.40. The molecule has 0 aromatic carbocycles. The van der Waals surface area contributed by atoms with E-state index in [1.165, 1.54) is 5.69 Å². The first-order valence-corrected chi connectivity index (χ1v) is 6.28. The molecule has 0 radical (unpaired) electrons. The van der Waals surface area contributed by atoms with Crippen molar-refractivity contribution in [1.82, 2.24) is 15.2 Å². The summed E-state index contributed by atoms with van der Waals surface area (Å²) in [5.41, 5.74) is 2.37. The van der Waals surface area contributed by atoms with Crippen LogP contribution in [0.4, 0.5) is 0 Å². The van der Waals surface area contributed by atoms with E-state index in [1.54, 1.807) is 0 Å². The van der Waals surface area contributed by atoms with Gasteiger partial charge in [0.2, 0.25) is 5.91 Å². The van der Waals surface area contributed by atoms with E-state index in [0.717, 1.165) is 31.6 Å². The monoisotopic (exact) mass is 235 g/mol. The number of aryl methyl sites for hydroxylation is 1. The molecule has 1 amide bonds. The van der Waals surface area contributed by atoms with Gasteiger partial charge in [0, 0.05) is 25.0 Å². The summed E-state index contributed by atoms with van der Waals surface area (Å²) in [5.74, 6) is 0.321. The van der Waals surface area contributed by atoms with Crippen molar-refractivity contribution in [3.05, 3.63) is 23.5 Å². The first kappa shape index (κ1) is 12.2. The molecule has 2 rings (SSSR count). The summed E-state index contributed by atoms with van der Waals surface area (Å²) in [5, 5.41) is 6.29. The van der Waals surface area contributed by atoms with Crippen molar-refractivity contribution in [1.29, 1.82) is 0 Å². The Kier molecular flexibility index (Phi) is 3.84. The van der Waals surface area contributed by atoms with Gasteiger partial charge in [0.05, 0.1) is 12.5 Å². The Balaban J connectivity index is 1.85. The zero-order valence-corrected chi connectivity index (χ0v) is 10.6. The van der Waals surface area contributed by atoms with Crippen molar-refractivity contribution >= 4 is 5.91 Å². The van der Waals surface area contributed by atoms with Crippen LogP contribution in [0, 0.1) is 12.8 Å². The van der Waals surface area contributed by atoms with E-state index < -0.39 is 0 Å². The zero-order valence-electron chi connectivity index (χ0n) is 10.6. The lowest BCUT2D eigenvalue weighted by atomic mass is 9.99. The Bertz CT molecular complexity index is 391. The third-order valence-electron chi connectivity index (χ3n) is 3.59. The summed E-state index contributed by atoms with van der Waals surface area (Å²) in [6.45, 7) is 4.55. The summed E-state index contributed by atoms with van der Waals surface area (Å²) in [7, 11) is 2.03. The highest BCUT2D eigenvalue weighted by atomic mass is 16.1. The van der Waals surface area contributed by atoms with Crippen LogP contribution in [0.15, 0.2) is 12.1 Å². The average molecular weight is 235 g/mol. The number of piperidine rings is 1. The van der Waals surface area contributed by atoms with E-state index in [4.69, 9.17) is 0 Å². The van der Waals surface area contributed by atoms with E-state index in [-0.39, 0.29) is 11.8 Å². The molecule has 1 atom stereocenters. The number of nitrogens with one attached hydrogen (secondary N) is 2. The number of nitrogens with zero attached hydrogens (tertiary/aromatic N) is 1. The molecule has 4 heteroatoms. The summed E-state index contributed by atoms with van der Waals surface area (Å²) in [4.78, 5) is 11.9. The second-order valence-corrected chi connectivity index (χ2v) is 4.79. The van der Waals surface area contributed by atoms with Crippen molar-refractivity contribution in [2.75, 3.05) is 13.1 Å². The summed E-state index contributed by atoms with van der Waals surface area (Å²) < 4.78 is 2.11. The highest BCUT2D eigenvalue weighted by Gasteiger charge is 2.20. The second kappa shape index (κ2) is 5.36. The normalized spacial score (nSPS) is 20.2. The minimum atomic E-state index is 0.144. The van der Waals surface area contributed by atoms with Gasteiger partial charge in [-0.2, -0.15) is 0 Å². The molecule has 17 heavy (non-hydrogen) atoms. The summed E-state index contributed by atoms with van der Waals surface area (Å²) in [6.07, 6.45) is 2.10. The maximum absolute atomic E-state index is 11.9. The van der Waals surface area contributed by atoms with Gasteiger partial charge < -0.3 is 15.2 Å². The van der Waals surface area contributed by atoms with Crippen LogP contribution in [0.5, 0.6) is 0 Å². The molecule has 94 valence electrons. The van der Waals surface area contributed by atoms with Crippen molar-refractivity contribution in [2.45, 2.75) is 26.3 Å². The average Bonchev–Trinajstić information content (AvgIpc) is 2.68. The van der Waals surface area contributed by atoms with Crippen LogP contribution in [0.25, 0.3) is 0 Å². The van der Waals surface area contributed by atoms with Gasteiger partial charge in [-0.1, -0.05) is 0 Å². The quantitative estimate of drug-likeness (QED) is 0.819. The topological polar surface area (TPSA) is 46.1 Å². The Hall–Kier alpha value is -1.29. The van der Waals surface area contributed by atoms with Crippen molar-refractivity contribution in [3.8, 4) is 0 Å². The van der Waals surface area contributed by atoms with Crippen LogP contribution < -0.4 is 10.6 Å². The largest absolute Gasteiger partial charge is 0.350 e. The maximum atomic E-state index is 11.9. The Morgan fingerprint density at radius 1 is 1.59 bits per heavy atom. The third kappa shape index (κ3) is 2.88. The third-order valence-corrected chi connectivity index (χ3v) is 3.59. The fourth-order valence-electron chi connectivity index (χ4n) is 2.24.